The first-order chi connectivity index (χ1) is 8.81. The first-order valence-electron chi connectivity index (χ1n) is 5.73. The molecule has 6 nitrogen and oxygen atoms in total. The topological polar surface area (TPSA) is 69.9 Å². The fourth-order valence-corrected chi connectivity index (χ4v) is 2.27. The molecule has 1 aliphatic heterocycles. The molecule has 92 valence electrons. The molecule has 0 saturated heterocycles. The molecule has 1 atom stereocenters. The SMILES string of the molecule is COC(=O)[C@H]1CCc2nnc(-c3cccnc3)n21. The molecule has 0 aromatic carbocycles. The molecule has 3 rings (SSSR count). The van der Waals surface area contributed by atoms with Gasteiger partial charge in [0.15, 0.2) is 5.82 Å². The number of nitrogens with zero attached hydrogens (tertiary/aromatic N) is 4. The Balaban J connectivity index is 2.07. The number of carbonyl (C=O) groups excluding carboxylic acids is 1. The summed E-state index contributed by atoms with van der Waals surface area (Å²) in [5.74, 6) is 1.24. The quantitative estimate of drug-likeness (QED) is 0.737. The van der Waals surface area contributed by atoms with Crippen molar-refractivity contribution in [1.82, 2.24) is 19.7 Å². The second-order valence-electron chi connectivity index (χ2n) is 4.13. The number of hydrogen-bond acceptors (Lipinski definition) is 5. The van der Waals surface area contributed by atoms with E-state index in [1.807, 2.05) is 16.7 Å². The zero-order valence-corrected chi connectivity index (χ0v) is 9.91. The summed E-state index contributed by atoms with van der Waals surface area (Å²) in [4.78, 5) is 15.8. The van der Waals surface area contributed by atoms with Crippen molar-refractivity contribution in [3.8, 4) is 11.4 Å². The van der Waals surface area contributed by atoms with Gasteiger partial charge in [-0.25, -0.2) is 4.79 Å². The second-order valence-corrected chi connectivity index (χ2v) is 4.13. The normalized spacial score (nSPS) is 17.5. The highest BCUT2D eigenvalue weighted by molar-refractivity contribution is 5.76. The number of methoxy groups -OCH3 is 1. The zero-order chi connectivity index (χ0) is 12.5. The first-order valence-corrected chi connectivity index (χ1v) is 5.73. The number of aromatic nitrogens is 4. The molecule has 0 spiro atoms. The van der Waals surface area contributed by atoms with E-state index in [0.717, 1.165) is 17.8 Å². The minimum Gasteiger partial charge on any atom is -0.467 e. The summed E-state index contributed by atoms with van der Waals surface area (Å²) >= 11 is 0. The fraction of sp³-hybridized carbons (Fsp3) is 0.333. The van der Waals surface area contributed by atoms with E-state index >= 15 is 0 Å². The summed E-state index contributed by atoms with van der Waals surface area (Å²) in [7, 11) is 1.40. The third kappa shape index (κ3) is 1.57. The Morgan fingerprint density at radius 3 is 3.11 bits per heavy atom. The molecule has 0 saturated carbocycles. The summed E-state index contributed by atoms with van der Waals surface area (Å²) < 4.78 is 6.67. The van der Waals surface area contributed by atoms with Gasteiger partial charge in [-0.15, -0.1) is 10.2 Å². The van der Waals surface area contributed by atoms with Gasteiger partial charge < -0.3 is 4.74 Å². The Labute approximate surface area is 104 Å². The van der Waals surface area contributed by atoms with Crippen LogP contribution in [0.15, 0.2) is 24.5 Å². The molecular formula is C12H12N4O2. The Morgan fingerprint density at radius 1 is 1.50 bits per heavy atom. The van der Waals surface area contributed by atoms with Crippen molar-refractivity contribution in [3.05, 3.63) is 30.4 Å². The predicted octanol–water partition coefficient (Wildman–Crippen LogP) is 1.00. The lowest BCUT2D eigenvalue weighted by atomic mass is 10.2. The fourth-order valence-electron chi connectivity index (χ4n) is 2.27. The molecule has 0 unspecified atom stereocenters. The summed E-state index contributed by atoms with van der Waals surface area (Å²) in [6.45, 7) is 0. The van der Waals surface area contributed by atoms with E-state index in [1.54, 1.807) is 12.4 Å². The van der Waals surface area contributed by atoms with Gasteiger partial charge in [-0.1, -0.05) is 0 Å². The molecular weight excluding hydrogens is 232 g/mol. The molecule has 0 radical (unpaired) electrons. The maximum Gasteiger partial charge on any atom is 0.328 e. The number of pyridine rings is 1. The van der Waals surface area contributed by atoms with Gasteiger partial charge >= 0.3 is 5.97 Å². The Bertz CT molecular complexity index is 579. The highest BCUT2D eigenvalue weighted by atomic mass is 16.5. The van der Waals surface area contributed by atoms with Crippen molar-refractivity contribution in [3.63, 3.8) is 0 Å². The van der Waals surface area contributed by atoms with Crippen molar-refractivity contribution in [1.29, 1.82) is 0 Å². The van der Waals surface area contributed by atoms with E-state index in [2.05, 4.69) is 15.2 Å². The number of carbonyl (C=O) groups is 1. The third-order valence-corrected chi connectivity index (χ3v) is 3.11. The van der Waals surface area contributed by atoms with Gasteiger partial charge in [-0.2, -0.15) is 0 Å². The van der Waals surface area contributed by atoms with E-state index in [1.165, 1.54) is 7.11 Å². The lowest BCUT2D eigenvalue weighted by Crippen LogP contribution is -2.18. The van der Waals surface area contributed by atoms with Crippen LogP contribution in [-0.2, 0) is 16.0 Å². The minimum atomic E-state index is -0.324. The number of aryl methyl sites for hydroxylation is 1. The summed E-state index contributed by atoms with van der Waals surface area (Å²) in [6.07, 6.45) is 4.87. The first kappa shape index (κ1) is 10.9. The Kier molecular flexibility index (Phi) is 2.55. The number of hydrogen-bond donors (Lipinski definition) is 0. The number of fused-ring (bicyclic) bond motifs is 1. The zero-order valence-electron chi connectivity index (χ0n) is 9.91. The van der Waals surface area contributed by atoms with Gasteiger partial charge in [0.25, 0.3) is 0 Å². The van der Waals surface area contributed by atoms with Gasteiger partial charge in [0.2, 0.25) is 0 Å². The molecule has 2 aromatic rings. The van der Waals surface area contributed by atoms with Gasteiger partial charge in [0.05, 0.1) is 7.11 Å². The largest absolute Gasteiger partial charge is 0.467 e. The third-order valence-electron chi connectivity index (χ3n) is 3.11. The van der Waals surface area contributed by atoms with Crippen LogP contribution in [0.2, 0.25) is 0 Å². The van der Waals surface area contributed by atoms with E-state index < -0.39 is 0 Å². The molecule has 1 aliphatic rings. The van der Waals surface area contributed by atoms with Crippen molar-refractivity contribution >= 4 is 5.97 Å². The molecule has 0 aliphatic carbocycles. The molecule has 3 heterocycles. The molecule has 0 bridgehead atoms. The molecule has 6 heteroatoms. The van der Waals surface area contributed by atoms with Gasteiger partial charge in [-0.3, -0.25) is 9.55 Å². The van der Waals surface area contributed by atoms with Crippen LogP contribution in [0.4, 0.5) is 0 Å². The van der Waals surface area contributed by atoms with Gasteiger partial charge in [0, 0.05) is 24.4 Å². The number of ether oxygens (including phenoxy) is 1. The number of rotatable bonds is 2. The molecule has 0 fully saturated rings. The lowest BCUT2D eigenvalue weighted by molar-refractivity contribution is -0.144. The molecule has 2 aromatic heterocycles. The predicted molar refractivity (Wildman–Crippen MR) is 62.6 cm³/mol. The van der Waals surface area contributed by atoms with E-state index in [4.69, 9.17) is 4.74 Å². The van der Waals surface area contributed by atoms with Crippen molar-refractivity contribution in [2.75, 3.05) is 7.11 Å². The maximum absolute atomic E-state index is 11.7. The maximum atomic E-state index is 11.7. The average molecular weight is 244 g/mol. The van der Waals surface area contributed by atoms with E-state index in [0.29, 0.717) is 12.2 Å². The highest BCUT2D eigenvalue weighted by Gasteiger charge is 2.33. The lowest BCUT2D eigenvalue weighted by Gasteiger charge is -2.12. The smallest absolute Gasteiger partial charge is 0.328 e. The van der Waals surface area contributed by atoms with Crippen LogP contribution >= 0.6 is 0 Å². The van der Waals surface area contributed by atoms with E-state index in [-0.39, 0.29) is 12.0 Å². The molecule has 0 amide bonds. The van der Waals surface area contributed by atoms with Crippen LogP contribution in [0.3, 0.4) is 0 Å². The Hall–Kier alpha value is -2.24. The molecule has 0 N–H and O–H groups in total. The monoisotopic (exact) mass is 244 g/mol. The summed E-state index contributed by atoms with van der Waals surface area (Å²) in [6, 6.07) is 3.41. The summed E-state index contributed by atoms with van der Waals surface area (Å²) in [5, 5.41) is 8.26. The molecule has 18 heavy (non-hydrogen) atoms. The van der Waals surface area contributed by atoms with Crippen molar-refractivity contribution in [2.24, 2.45) is 0 Å². The van der Waals surface area contributed by atoms with Crippen molar-refractivity contribution < 1.29 is 9.53 Å². The van der Waals surface area contributed by atoms with Crippen LogP contribution in [0.1, 0.15) is 18.3 Å². The van der Waals surface area contributed by atoms with Crippen LogP contribution < -0.4 is 0 Å². The van der Waals surface area contributed by atoms with Crippen LogP contribution in [0.25, 0.3) is 11.4 Å². The highest BCUT2D eigenvalue weighted by Crippen LogP contribution is 2.31. The average Bonchev–Trinajstić information content (AvgIpc) is 3.00. The number of esters is 1. The Morgan fingerprint density at radius 2 is 2.39 bits per heavy atom. The van der Waals surface area contributed by atoms with Crippen molar-refractivity contribution in [2.45, 2.75) is 18.9 Å². The minimum absolute atomic E-state index is 0.251. The van der Waals surface area contributed by atoms with Gasteiger partial charge in [0.1, 0.15) is 11.9 Å². The van der Waals surface area contributed by atoms with Crippen LogP contribution in [-0.4, -0.2) is 32.8 Å². The summed E-state index contributed by atoms with van der Waals surface area (Å²) in [5.41, 5.74) is 0.854. The van der Waals surface area contributed by atoms with Crippen LogP contribution in [0.5, 0.6) is 0 Å². The van der Waals surface area contributed by atoms with E-state index in [9.17, 15) is 4.79 Å². The second kappa shape index (κ2) is 4.21. The van der Waals surface area contributed by atoms with Crippen LogP contribution in [0, 0.1) is 0 Å². The van der Waals surface area contributed by atoms with Gasteiger partial charge in [-0.05, 0) is 18.6 Å². The standard InChI is InChI=1S/C12H12N4O2/c1-18-12(17)9-4-5-10-14-15-11(16(9)10)8-3-2-6-13-7-8/h2-3,6-7,9H,4-5H2,1H3/t9-/m1/s1.